The van der Waals surface area contributed by atoms with Gasteiger partial charge in [0.25, 0.3) is 5.91 Å². The topological polar surface area (TPSA) is 87.8 Å². The lowest BCUT2D eigenvalue weighted by Crippen LogP contribution is -2.12. The van der Waals surface area contributed by atoms with Crippen LogP contribution in [0.4, 0.5) is 5.69 Å². The SMILES string of the molecule is COc1ccc(Cn2nc(C)c(NC(=O)c3ccc(COc4ccccc4Br)o3)c2C)cc1OC. The maximum absolute atomic E-state index is 12.9. The number of furan rings is 1. The van der Waals surface area contributed by atoms with Gasteiger partial charge in [-0.15, -0.1) is 0 Å². The number of rotatable bonds is 9. The summed E-state index contributed by atoms with van der Waals surface area (Å²) in [5, 5.41) is 7.53. The highest BCUT2D eigenvalue weighted by molar-refractivity contribution is 9.10. The summed E-state index contributed by atoms with van der Waals surface area (Å²) in [6, 6.07) is 16.6. The molecule has 0 bridgehead atoms. The normalized spacial score (nSPS) is 10.8. The minimum Gasteiger partial charge on any atom is -0.493 e. The first kappa shape index (κ1) is 24.4. The summed E-state index contributed by atoms with van der Waals surface area (Å²) in [6.45, 7) is 4.49. The average molecular weight is 540 g/mol. The second-order valence-corrected chi connectivity index (χ2v) is 8.69. The summed E-state index contributed by atoms with van der Waals surface area (Å²) in [6.07, 6.45) is 0. The van der Waals surface area contributed by atoms with E-state index in [9.17, 15) is 4.79 Å². The standard InChI is InChI=1S/C26H26BrN3O5/c1-16-25(17(2)30(29-16)14-18-9-11-22(32-3)24(13-18)33-4)28-26(31)23-12-10-19(35-23)15-34-21-8-6-5-7-20(21)27/h5-13H,14-15H2,1-4H3,(H,28,31). The fourth-order valence-electron chi connectivity index (χ4n) is 3.65. The van der Waals surface area contributed by atoms with E-state index in [2.05, 4.69) is 26.3 Å². The molecule has 0 aliphatic heterocycles. The molecule has 0 radical (unpaired) electrons. The Morgan fingerprint density at radius 3 is 2.54 bits per heavy atom. The molecule has 4 rings (SSSR count). The Hall–Kier alpha value is -3.72. The molecule has 2 aromatic carbocycles. The molecule has 9 heteroatoms. The number of ether oxygens (including phenoxy) is 3. The molecule has 0 unspecified atom stereocenters. The zero-order valence-electron chi connectivity index (χ0n) is 19.9. The first-order valence-electron chi connectivity index (χ1n) is 10.9. The number of hydrogen-bond acceptors (Lipinski definition) is 6. The molecule has 1 amide bonds. The molecular formula is C26H26BrN3O5. The lowest BCUT2D eigenvalue weighted by molar-refractivity contribution is 0.0992. The number of halogens is 1. The number of aryl methyl sites for hydroxylation is 1. The van der Waals surface area contributed by atoms with Gasteiger partial charge in [-0.25, -0.2) is 0 Å². The van der Waals surface area contributed by atoms with Crippen LogP contribution in [-0.4, -0.2) is 29.9 Å². The van der Waals surface area contributed by atoms with Crippen LogP contribution in [0.2, 0.25) is 0 Å². The smallest absolute Gasteiger partial charge is 0.291 e. The van der Waals surface area contributed by atoms with Gasteiger partial charge in [-0.3, -0.25) is 9.48 Å². The number of nitrogens with zero attached hydrogens (tertiary/aromatic N) is 2. The van der Waals surface area contributed by atoms with Gasteiger partial charge in [-0.2, -0.15) is 5.10 Å². The van der Waals surface area contributed by atoms with Crippen LogP contribution in [0, 0.1) is 13.8 Å². The lowest BCUT2D eigenvalue weighted by Gasteiger charge is -2.11. The molecule has 182 valence electrons. The Kier molecular flexibility index (Phi) is 7.45. The van der Waals surface area contributed by atoms with E-state index in [1.807, 2.05) is 61.0 Å². The van der Waals surface area contributed by atoms with Crippen LogP contribution in [0.25, 0.3) is 0 Å². The van der Waals surface area contributed by atoms with E-state index in [-0.39, 0.29) is 18.3 Å². The van der Waals surface area contributed by atoms with Crippen molar-refractivity contribution in [2.75, 3.05) is 19.5 Å². The average Bonchev–Trinajstić information content (AvgIpc) is 3.44. The van der Waals surface area contributed by atoms with Crippen molar-refractivity contribution in [2.45, 2.75) is 27.0 Å². The summed E-state index contributed by atoms with van der Waals surface area (Å²) in [5.74, 6) is 2.40. The van der Waals surface area contributed by atoms with Crippen molar-refractivity contribution in [2.24, 2.45) is 0 Å². The van der Waals surface area contributed by atoms with E-state index < -0.39 is 0 Å². The van der Waals surface area contributed by atoms with Crippen LogP contribution < -0.4 is 19.5 Å². The molecule has 0 spiro atoms. The predicted molar refractivity (Wildman–Crippen MR) is 135 cm³/mol. The molecule has 0 saturated carbocycles. The van der Waals surface area contributed by atoms with Gasteiger partial charge in [-0.1, -0.05) is 18.2 Å². The third-order valence-corrected chi connectivity index (χ3v) is 6.15. The summed E-state index contributed by atoms with van der Waals surface area (Å²) in [5.41, 5.74) is 3.18. The third-order valence-electron chi connectivity index (χ3n) is 5.49. The minimum atomic E-state index is -0.353. The largest absolute Gasteiger partial charge is 0.493 e. The number of carbonyl (C=O) groups excluding carboxylic acids is 1. The van der Waals surface area contributed by atoms with E-state index >= 15 is 0 Å². The lowest BCUT2D eigenvalue weighted by atomic mass is 10.2. The first-order valence-corrected chi connectivity index (χ1v) is 11.7. The highest BCUT2D eigenvalue weighted by Crippen LogP contribution is 2.29. The van der Waals surface area contributed by atoms with Gasteiger partial charge in [0.1, 0.15) is 18.1 Å². The number of benzene rings is 2. The Morgan fingerprint density at radius 2 is 1.80 bits per heavy atom. The summed E-state index contributed by atoms with van der Waals surface area (Å²) >= 11 is 3.45. The molecule has 4 aromatic rings. The molecule has 0 aliphatic rings. The first-order chi connectivity index (χ1) is 16.9. The van der Waals surface area contributed by atoms with E-state index in [1.54, 1.807) is 26.4 Å². The molecule has 2 heterocycles. The van der Waals surface area contributed by atoms with Crippen LogP contribution in [0.5, 0.6) is 17.2 Å². The molecule has 35 heavy (non-hydrogen) atoms. The molecule has 0 aliphatic carbocycles. The van der Waals surface area contributed by atoms with Gasteiger partial charge in [-0.05, 0) is 71.7 Å². The molecule has 2 aromatic heterocycles. The van der Waals surface area contributed by atoms with Crippen LogP contribution >= 0.6 is 15.9 Å². The minimum absolute atomic E-state index is 0.196. The zero-order valence-corrected chi connectivity index (χ0v) is 21.5. The molecule has 0 fully saturated rings. The van der Waals surface area contributed by atoms with Crippen LogP contribution in [0.15, 0.2) is 63.5 Å². The number of para-hydroxylation sites is 1. The second-order valence-electron chi connectivity index (χ2n) is 7.83. The van der Waals surface area contributed by atoms with E-state index in [4.69, 9.17) is 18.6 Å². The van der Waals surface area contributed by atoms with E-state index in [0.29, 0.717) is 40.9 Å². The summed E-state index contributed by atoms with van der Waals surface area (Å²) in [7, 11) is 3.20. The summed E-state index contributed by atoms with van der Waals surface area (Å²) < 4.78 is 24.8. The van der Waals surface area contributed by atoms with E-state index in [0.717, 1.165) is 15.7 Å². The van der Waals surface area contributed by atoms with Gasteiger partial charge in [0.2, 0.25) is 0 Å². The van der Waals surface area contributed by atoms with Gasteiger partial charge >= 0.3 is 0 Å². The van der Waals surface area contributed by atoms with E-state index in [1.165, 1.54) is 0 Å². The van der Waals surface area contributed by atoms with Crippen molar-refractivity contribution in [1.82, 2.24) is 9.78 Å². The van der Waals surface area contributed by atoms with Crippen LogP contribution in [0.1, 0.15) is 33.3 Å². The zero-order chi connectivity index (χ0) is 24.9. The number of nitrogens with one attached hydrogen (secondary N) is 1. The second kappa shape index (κ2) is 10.7. The predicted octanol–water partition coefficient (Wildman–Crippen LogP) is 5.75. The van der Waals surface area contributed by atoms with Crippen LogP contribution in [0.3, 0.4) is 0 Å². The maximum Gasteiger partial charge on any atom is 0.291 e. The highest BCUT2D eigenvalue weighted by Gasteiger charge is 2.18. The van der Waals surface area contributed by atoms with Crippen molar-refractivity contribution in [3.05, 3.63) is 87.5 Å². The molecule has 0 atom stereocenters. The maximum atomic E-state index is 12.9. The number of anilines is 1. The van der Waals surface area contributed by atoms with Crippen LogP contribution in [-0.2, 0) is 13.2 Å². The van der Waals surface area contributed by atoms with Gasteiger partial charge in [0.05, 0.1) is 42.3 Å². The molecule has 8 nitrogen and oxygen atoms in total. The van der Waals surface area contributed by atoms with Crippen molar-refractivity contribution in [1.29, 1.82) is 0 Å². The third kappa shape index (κ3) is 5.51. The number of hydrogen-bond donors (Lipinski definition) is 1. The fraction of sp³-hybridized carbons (Fsp3) is 0.231. The quantitative estimate of drug-likeness (QED) is 0.291. The van der Waals surface area contributed by atoms with Gasteiger partial charge < -0.3 is 23.9 Å². The molecular weight excluding hydrogens is 514 g/mol. The Morgan fingerprint density at radius 1 is 1.03 bits per heavy atom. The Bertz CT molecular complexity index is 1340. The number of aromatic nitrogens is 2. The van der Waals surface area contributed by atoms with Crippen molar-refractivity contribution in [3.63, 3.8) is 0 Å². The number of methoxy groups -OCH3 is 2. The number of amides is 1. The molecule has 1 N–H and O–H groups in total. The Labute approximate surface area is 211 Å². The van der Waals surface area contributed by atoms with Gasteiger partial charge in [0.15, 0.2) is 17.3 Å². The monoisotopic (exact) mass is 539 g/mol. The molecule has 0 saturated heterocycles. The van der Waals surface area contributed by atoms with Crippen molar-refractivity contribution < 1.29 is 23.4 Å². The number of carbonyl (C=O) groups is 1. The van der Waals surface area contributed by atoms with Gasteiger partial charge in [0, 0.05) is 0 Å². The highest BCUT2D eigenvalue weighted by atomic mass is 79.9. The fourth-order valence-corrected chi connectivity index (χ4v) is 4.05. The van der Waals surface area contributed by atoms with Crippen molar-refractivity contribution in [3.8, 4) is 17.2 Å². The summed E-state index contributed by atoms with van der Waals surface area (Å²) in [4.78, 5) is 12.9. The Balaban J connectivity index is 1.43. The van der Waals surface area contributed by atoms with Crippen molar-refractivity contribution >= 4 is 27.5 Å².